The van der Waals surface area contributed by atoms with E-state index in [1.54, 1.807) is 6.08 Å². The second-order valence-electron chi connectivity index (χ2n) is 7.12. The normalized spacial score (nSPS) is 11.1. The number of hydrogen-bond acceptors (Lipinski definition) is 5. The van der Waals surface area contributed by atoms with Gasteiger partial charge in [0.25, 0.3) is 0 Å². The van der Waals surface area contributed by atoms with Crippen LogP contribution in [0.25, 0.3) is 11.4 Å². The molecule has 0 spiro atoms. The number of allylic oxidation sites excluding steroid dienone is 1. The SMILES string of the molecule is C=CCn1c(SCC(=O)NC(=O)NC(C)(C)C)nnc1-c1cccc(C)c1. The molecule has 0 aliphatic carbocycles. The molecule has 0 bridgehead atoms. The fraction of sp³-hybridized carbons (Fsp3) is 0.368. The quantitative estimate of drug-likeness (QED) is 0.587. The zero-order chi connectivity index (χ0) is 20.0. The molecule has 0 fully saturated rings. The average molecular weight is 388 g/mol. The molecule has 2 rings (SSSR count). The van der Waals surface area contributed by atoms with Gasteiger partial charge < -0.3 is 5.32 Å². The van der Waals surface area contributed by atoms with Crippen LogP contribution in [0.4, 0.5) is 4.79 Å². The first kappa shape index (κ1) is 20.7. The number of thioether (sulfide) groups is 1. The topological polar surface area (TPSA) is 88.9 Å². The number of imide groups is 1. The van der Waals surface area contributed by atoms with Gasteiger partial charge >= 0.3 is 6.03 Å². The molecular weight excluding hydrogens is 362 g/mol. The van der Waals surface area contributed by atoms with Crippen LogP contribution in [0.3, 0.4) is 0 Å². The minimum atomic E-state index is -0.513. The second kappa shape index (κ2) is 8.85. The third kappa shape index (κ3) is 6.25. The number of hydrogen-bond donors (Lipinski definition) is 2. The van der Waals surface area contributed by atoms with Gasteiger partial charge in [0.15, 0.2) is 11.0 Å². The number of carbonyl (C=O) groups is 2. The molecule has 144 valence electrons. The van der Waals surface area contributed by atoms with Crippen molar-refractivity contribution in [2.45, 2.75) is 44.9 Å². The lowest BCUT2D eigenvalue weighted by molar-refractivity contribution is -0.117. The largest absolute Gasteiger partial charge is 0.333 e. The highest BCUT2D eigenvalue weighted by molar-refractivity contribution is 7.99. The summed E-state index contributed by atoms with van der Waals surface area (Å²) >= 11 is 1.22. The van der Waals surface area contributed by atoms with Crippen LogP contribution in [0.5, 0.6) is 0 Å². The smallest absolute Gasteiger partial charge is 0.321 e. The third-order valence-electron chi connectivity index (χ3n) is 3.38. The Hall–Kier alpha value is -2.61. The molecule has 0 saturated heterocycles. The molecule has 0 saturated carbocycles. The lowest BCUT2D eigenvalue weighted by Gasteiger charge is -2.20. The molecule has 1 aromatic carbocycles. The van der Waals surface area contributed by atoms with Crippen LogP contribution in [-0.2, 0) is 11.3 Å². The molecule has 2 N–H and O–H groups in total. The van der Waals surface area contributed by atoms with Crippen LogP contribution in [0.1, 0.15) is 26.3 Å². The monoisotopic (exact) mass is 387 g/mol. The fourth-order valence-corrected chi connectivity index (χ4v) is 3.10. The number of rotatable bonds is 6. The van der Waals surface area contributed by atoms with Gasteiger partial charge in [-0.2, -0.15) is 0 Å². The Kier molecular flexibility index (Phi) is 6.79. The van der Waals surface area contributed by atoms with Crippen molar-refractivity contribution in [2.75, 3.05) is 5.75 Å². The van der Waals surface area contributed by atoms with Gasteiger partial charge in [-0.25, -0.2) is 4.79 Å². The molecular formula is C19H25N5O2S. The van der Waals surface area contributed by atoms with Crippen molar-refractivity contribution in [2.24, 2.45) is 0 Å². The van der Waals surface area contributed by atoms with Gasteiger partial charge in [0, 0.05) is 17.6 Å². The van der Waals surface area contributed by atoms with Gasteiger partial charge in [-0.1, -0.05) is 41.6 Å². The van der Waals surface area contributed by atoms with Crippen molar-refractivity contribution in [1.82, 2.24) is 25.4 Å². The van der Waals surface area contributed by atoms with E-state index in [9.17, 15) is 9.59 Å². The standard InChI is InChI=1S/C19H25N5O2S/c1-6-10-24-16(14-9-7-8-13(2)11-14)22-23-18(24)27-12-15(25)20-17(26)21-19(3,4)5/h6-9,11H,1,10,12H2,2-5H3,(H2,20,21,25,26). The minimum Gasteiger partial charge on any atom is -0.333 e. The summed E-state index contributed by atoms with van der Waals surface area (Å²) in [5.74, 6) is 0.375. The van der Waals surface area contributed by atoms with Crippen molar-refractivity contribution in [3.8, 4) is 11.4 Å². The molecule has 27 heavy (non-hydrogen) atoms. The second-order valence-corrected chi connectivity index (χ2v) is 8.06. The van der Waals surface area contributed by atoms with Crippen LogP contribution < -0.4 is 10.6 Å². The Bertz CT molecular complexity index is 839. The molecule has 7 nitrogen and oxygen atoms in total. The summed E-state index contributed by atoms with van der Waals surface area (Å²) in [4.78, 5) is 23.8. The first-order valence-corrected chi connectivity index (χ1v) is 9.54. The molecule has 0 radical (unpaired) electrons. The van der Waals surface area contributed by atoms with E-state index in [0.29, 0.717) is 17.5 Å². The summed E-state index contributed by atoms with van der Waals surface area (Å²) in [7, 11) is 0. The number of aromatic nitrogens is 3. The molecule has 8 heteroatoms. The summed E-state index contributed by atoms with van der Waals surface area (Å²) in [5, 5.41) is 14.1. The van der Waals surface area contributed by atoms with Gasteiger partial charge in [-0.05, 0) is 33.8 Å². The van der Waals surface area contributed by atoms with E-state index >= 15 is 0 Å². The minimum absolute atomic E-state index is 0.0562. The molecule has 1 heterocycles. The molecule has 0 aliphatic heterocycles. The van der Waals surface area contributed by atoms with Gasteiger partial charge in [-0.15, -0.1) is 16.8 Å². The molecule has 0 atom stereocenters. The van der Waals surface area contributed by atoms with Crippen LogP contribution in [0.15, 0.2) is 42.1 Å². The number of aryl methyl sites for hydroxylation is 1. The number of nitrogens with zero attached hydrogens (tertiary/aromatic N) is 3. The molecule has 0 unspecified atom stereocenters. The zero-order valence-corrected chi connectivity index (χ0v) is 16.9. The zero-order valence-electron chi connectivity index (χ0n) is 16.1. The Morgan fingerprint density at radius 1 is 1.30 bits per heavy atom. The maximum atomic E-state index is 12.0. The van der Waals surface area contributed by atoms with Crippen LogP contribution in [0.2, 0.25) is 0 Å². The summed E-state index contributed by atoms with van der Waals surface area (Å²) in [6, 6.07) is 7.46. The first-order chi connectivity index (χ1) is 12.7. The van der Waals surface area contributed by atoms with E-state index in [0.717, 1.165) is 11.1 Å². The van der Waals surface area contributed by atoms with Gasteiger partial charge in [-0.3, -0.25) is 14.7 Å². The number of nitrogens with one attached hydrogen (secondary N) is 2. The predicted octanol–water partition coefficient (Wildman–Crippen LogP) is 3.16. The number of benzene rings is 1. The Morgan fingerprint density at radius 3 is 2.67 bits per heavy atom. The van der Waals surface area contributed by atoms with E-state index in [2.05, 4.69) is 27.4 Å². The van der Waals surface area contributed by atoms with E-state index < -0.39 is 17.5 Å². The van der Waals surface area contributed by atoms with Gasteiger partial charge in [0.2, 0.25) is 5.91 Å². The Morgan fingerprint density at radius 2 is 2.04 bits per heavy atom. The third-order valence-corrected chi connectivity index (χ3v) is 4.35. The van der Waals surface area contributed by atoms with Crippen molar-refractivity contribution in [3.63, 3.8) is 0 Å². The van der Waals surface area contributed by atoms with E-state index in [4.69, 9.17) is 0 Å². The van der Waals surface area contributed by atoms with Gasteiger partial charge in [0.05, 0.1) is 5.75 Å². The number of urea groups is 1. The van der Waals surface area contributed by atoms with Crippen molar-refractivity contribution >= 4 is 23.7 Å². The van der Waals surface area contributed by atoms with Crippen molar-refractivity contribution in [1.29, 1.82) is 0 Å². The maximum Gasteiger partial charge on any atom is 0.321 e. The molecule has 1 aromatic heterocycles. The summed E-state index contributed by atoms with van der Waals surface area (Å²) < 4.78 is 1.90. The fourth-order valence-electron chi connectivity index (χ4n) is 2.35. The highest BCUT2D eigenvalue weighted by Crippen LogP contribution is 2.24. The number of carbonyl (C=O) groups excluding carboxylic acids is 2. The van der Waals surface area contributed by atoms with E-state index in [1.165, 1.54) is 11.8 Å². The number of amides is 3. The summed E-state index contributed by atoms with van der Waals surface area (Å²) in [6.07, 6.45) is 1.75. The van der Waals surface area contributed by atoms with Gasteiger partial charge in [0.1, 0.15) is 0 Å². The highest BCUT2D eigenvalue weighted by atomic mass is 32.2. The Labute approximate surface area is 163 Å². The molecule has 0 aliphatic rings. The predicted molar refractivity (Wildman–Crippen MR) is 108 cm³/mol. The summed E-state index contributed by atoms with van der Waals surface area (Å²) in [5.41, 5.74) is 1.66. The molecule has 2 aromatic rings. The first-order valence-electron chi connectivity index (χ1n) is 8.55. The lowest BCUT2D eigenvalue weighted by Crippen LogP contribution is -2.48. The van der Waals surface area contributed by atoms with E-state index in [-0.39, 0.29) is 5.75 Å². The van der Waals surface area contributed by atoms with Crippen LogP contribution >= 0.6 is 11.8 Å². The van der Waals surface area contributed by atoms with Crippen LogP contribution in [-0.4, -0.2) is 38.0 Å². The van der Waals surface area contributed by atoms with Crippen molar-refractivity contribution < 1.29 is 9.59 Å². The molecule has 3 amide bonds. The average Bonchev–Trinajstić information content (AvgIpc) is 2.94. The van der Waals surface area contributed by atoms with Crippen molar-refractivity contribution in [3.05, 3.63) is 42.5 Å². The van der Waals surface area contributed by atoms with E-state index in [1.807, 2.05) is 56.5 Å². The highest BCUT2D eigenvalue weighted by Gasteiger charge is 2.18. The maximum absolute atomic E-state index is 12.0. The summed E-state index contributed by atoms with van der Waals surface area (Å²) in [6.45, 7) is 11.8. The van der Waals surface area contributed by atoms with Crippen LogP contribution in [0, 0.1) is 6.92 Å². The Balaban J connectivity index is 2.07. The lowest BCUT2D eigenvalue weighted by atomic mass is 10.1.